The van der Waals surface area contributed by atoms with E-state index in [1.54, 1.807) is 4.90 Å². The van der Waals surface area contributed by atoms with E-state index in [1.165, 1.54) is 0 Å². The number of rotatable bonds is 1. The number of carbonyl (C=O) groups excluding carboxylic acids is 1. The molecule has 1 fully saturated rings. The molecule has 1 rings (SSSR count). The monoisotopic (exact) mass is 228 g/mol. The topological polar surface area (TPSA) is 41.6 Å². The number of nitrogens with zero attached hydrogens (tertiary/aromatic N) is 1. The highest BCUT2D eigenvalue weighted by Crippen LogP contribution is 2.17. The first-order chi connectivity index (χ1) is 7.29. The van der Waals surface area contributed by atoms with Crippen LogP contribution in [0.3, 0.4) is 0 Å². The number of carbonyl (C=O) groups is 1. The summed E-state index contributed by atoms with van der Waals surface area (Å²) >= 11 is 0. The van der Waals surface area contributed by atoms with Gasteiger partial charge in [-0.05, 0) is 47.1 Å². The Balaban J connectivity index is 2.49. The highest BCUT2D eigenvalue weighted by molar-refractivity contribution is 5.68. The molecule has 4 heteroatoms. The van der Waals surface area contributed by atoms with Crippen LogP contribution in [0.5, 0.6) is 0 Å². The molecule has 1 amide bonds. The zero-order chi connectivity index (χ0) is 12.3. The van der Waals surface area contributed by atoms with E-state index < -0.39 is 5.60 Å². The average molecular weight is 228 g/mol. The molecule has 2 atom stereocenters. The first-order valence-electron chi connectivity index (χ1n) is 5.99. The van der Waals surface area contributed by atoms with Gasteiger partial charge in [0.25, 0.3) is 0 Å². The van der Waals surface area contributed by atoms with Gasteiger partial charge in [-0.15, -0.1) is 0 Å². The van der Waals surface area contributed by atoms with Gasteiger partial charge >= 0.3 is 6.09 Å². The van der Waals surface area contributed by atoms with E-state index in [1.807, 2.05) is 27.8 Å². The van der Waals surface area contributed by atoms with Gasteiger partial charge in [0.2, 0.25) is 0 Å². The Hall–Kier alpha value is -0.770. The van der Waals surface area contributed by atoms with E-state index in [0.29, 0.717) is 12.1 Å². The molecule has 0 unspecified atom stereocenters. The summed E-state index contributed by atoms with van der Waals surface area (Å²) in [6, 6.07) is 0.773. The molecule has 4 nitrogen and oxygen atoms in total. The summed E-state index contributed by atoms with van der Waals surface area (Å²) in [6.07, 6.45) is 1.78. The number of ether oxygens (including phenoxy) is 1. The van der Waals surface area contributed by atoms with Crippen molar-refractivity contribution in [3.63, 3.8) is 0 Å². The van der Waals surface area contributed by atoms with Crippen LogP contribution in [0.4, 0.5) is 4.79 Å². The van der Waals surface area contributed by atoms with Gasteiger partial charge in [-0.3, -0.25) is 0 Å². The summed E-state index contributed by atoms with van der Waals surface area (Å²) in [6.45, 7) is 8.80. The minimum Gasteiger partial charge on any atom is -0.444 e. The molecule has 1 heterocycles. The van der Waals surface area contributed by atoms with Gasteiger partial charge in [-0.2, -0.15) is 0 Å². The van der Waals surface area contributed by atoms with Gasteiger partial charge in [0.1, 0.15) is 5.60 Å². The third-order valence-corrected chi connectivity index (χ3v) is 2.83. The van der Waals surface area contributed by atoms with Crippen molar-refractivity contribution < 1.29 is 9.53 Å². The van der Waals surface area contributed by atoms with Gasteiger partial charge in [0.15, 0.2) is 0 Å². The Morgan fingerprint density at radius 3 is 2.56 bits per heavy atom. The van der Waals surface area contributed by atoms with Crippen molar-refractivity contribution in [1.82, 2.24) is 10.2 Å². The van der Waals surface area contributed by atoms with Gasteiger partial charge in [0, 0.05) is 19.1 Å². The molecule has 0 aromatic heterocycles. The van der Waals surface area contributed by atoms with Gasteiger partial charge in [-0.1, -0.05) is 0 Å². The first-order valence-corrected chi connectivity index (χ1v) is 5.99. The van der Waals surface area contributed by atoms with Crippen LogP contribution in [0.15, 0.2) is 0 Å². The molecule has 0 bridgehead atoms. The molecule has 16 heavy (non-hydrogen) atoms. The Kier molecular flexibility index (Phi) is 4.19. The lowest BCUT2D eigenvalue weighted by Crippen LogP contribution is -2.48. The fourth-order valence-electron chi connectivity index (χ4n) is 1.94. The number of piperidine rings is 1. The van der Waals surface area contributed by atoms with E-state index in [0.717, 1.165) is 19.4 Å². The second-order valence-corrected chi connectivity index (χ2v) is 5.62. The summed E-state index contributed by atoms with van der Waals surface area (Å²) < 4.78 is 5.35. The number of nitrogens with one attached hydrogen (secondary N) is 1. The third kappa shape index (κ3) is 4.00. The lowest BCUT2D eigenvalue weighted by molar-refractivity contribution is 0.0182. The standard InChI is InChI=1S/C12H24N2O2/c1-9-8-10(6-7-13-9)14(5)11(15)16-12(2,3)4/h9-10,13H,6-8H2,1-5H3/t9-,10+/m0/s1. The number of hydrogen-bond donors (Lipinski definition) is 1. The van der Waals surface area contributed by atoms with E-state index in [9.17, 15) is 4.79 Å². The molecule has 0 saturated carbocycles. The second-order valence-electron chi connectivity index (χ2n) is 5.62. The minimum absolute atomic E-state index is 0.216. The highest BCUT2D eigenvalue weighted by atomic mass is 16.6. The van der Waals surface area contributed by atoms with E-state index in [4.69, 9.17) is 4.74 Å². The lowest BCUT2D eigenvalue weighted by Gasteiger charge is -2.35. The van der Waals surface area contributed by atoms with Crippen molar-refractivity contribution in [1.29, 1.82) is 0 Å². The van der Waals surface area contributed by atoms with Gasteiger partial charge in [0.05, 0.1) is 0 Å². The van der Waals surface area contributed by atoms with Gasteiger partial charge in [-0.25, -0.2) is 4.79 Å². The largest absolute Gasteiger partial charge is 0.444 e. The van der Waals surface area contributed by atoms with Crippen LogP contribution >= 0.6 is 0 Å². The van der Waals surface area contributed by atoms with Crippen LogP contribution in [-0.2, 0) is 4.74 Å². The molecule has 0 aliphatic carbocycles. The van der Waals surface area contributed by atoms with Crippen LogP contribution in [0.25, 0.3) is 0 Å². The average Bonchev–Trinajstić information content (AvgIpc) is 2.14. The van der Waals surface area contributed by atoms with Crippen molar-refractivity contribution in [3.05, 3.63) is 0 Å². The number of amides is 1. The Bertz CT molecular complexity index is 248. The molecule has 1 N–H and O–H groups in total. The summed E-state index contributed by atoms with van der Waals surface area (Å²) in [4.78, 5) is 13.6. The van der Waals surface area contributed by atoms with Gasteiger partial charge < -0.3 is 15.0 Å². The Labute approximate surface area is 98.3 Å². The molecule has 1 aliphatic heterocycles. The van der Waals surface area contributed by atoms with Crippen LogP contribution in [-0.4, -0.2) is 42.3 Å². The molecule has 0 spiro atoms. The SMILES string of the molecule is C[C@H]1C[C@H](N(C)C(=O)OC(C)(C)C)CCN1. The molecule has 1 aliphatic rings. The molecular formula is C12H24N2O2. The maximum absolute atomic E-state index is 11.8. The fraction of sp³-hybridized carbons (Fsp3) is 0.917. The van der Waals surface area contributed by atoms with E-state index in [2.05, 4.69) is 12.2 Å². The summed E-state index contributed by atoms with van der Waals surface area (Å²) in [5.41, 5.74) is -0.413. The van der Waals surface area contributed by atoms with Crippen LogP contribution in [0, 0.1) is 0 Å². The Morgan fingerprint density at radius 2 is 2.06 bits per heavy atom. The van der Waals surface area contributed by atoms with Crippen LogP contribution in [0.1, 0.15) is 40.5 Å². The molecule has 1 saturated heterocycles. The summed E-state index contributed by atoms with van der Waals surface area (Å²) in [5, 5.41) is 3.38. The molecular weight excluding hydrogens is 204 g/mol. The molecule has 0 aromatic carbocycles. The summed E-state index contributed by atoms with van der Waals surface area (Å²) in [5.74, 6) is 0. The van der Waals surface area contributed by atoms with Crippen LogP contribution < -0.4 is 5.32 Å². The smallest absolute Gasteiger partial charge is 0.410 e. The zero-order valence-electron chi connectivity index (χ0n) is 11.0. The first kappa shape index (κ1) is 13.3. The quantitative estimate of drug-likeness (QED) is 0.746. The van der Waals surface area contributed by atoms with Crippen molar-refractivity contribution in [3.8, 4) is 0 Å². The van der Waals surface area contributed by atoms with Crippen molar-refractivity contribution >= 4 is 6.09 Å². The predicted molar refractivity (Wildman–Crippen MR) is 64.5 cm³/mol. The van der Waals surface area contributed by atoms with Crippen molar-refractivity contribution in [2.24, 2.45) is 0 Å². The molecule has 0 aromatic rings. The Morgan fingerprint density at radius 1 is 1.44 bits per heavy atom. The fourth-order valence-corrected chi connectivity index (χ4v) is 1.94. The zero-order valence-corrected chi connectivity index (χ0v) is 11.0. The lowest BCUT2D eigenvalue weighted by atomic mass is 10.00. The maximum atomic E-state index is 11.8. The third-order valence-electron chi connectivity index (χ3n) is 2.83. The molecule has 0 radical (unpaired) electrons. The molecule has 94 valence electrons. The summed E-state index contributed by atoms with van der Waals surface area (Å²) in [7, 11) is 1.83. The number of hydrogen-bond acceptors (Lipinski definition) is 3. The minimum atomic E-state index is -0.413. The van der Waals surface area contributed by atoms with Crippen molar-refractivity contribution in [2.45, 2.75) is 58.2 Å². The van der Waals surface area contributed by atoms with Crippen molar-refractivity contribution in [2.75, 3.05) is 13.6 Å². The normalized spacial score (nSPS) is 26.3. The maximum Gasteiger partial charge on any atom is 0.410 e. The van der Waals surface area contributed by atoms with E-state index in [-0.39, 0.29) is 6.09 Å². The predicted octanol–water partition coefficient (Wildman–Crippen LogP) is 1.99. The van der Waals surface area contributed by atoms with E-state index >= 15 is 0 Å². The van der Waals surface area contributed by atoms with Crippen LogP contribution in [0.2, 0.25) is 0 Å². The second kappa shape index (κ2) is 5.04. The highest BCUT2D eigenvalue weighted by Gasteiger charge is 2.28.